The van der Waals surface area contributed by atoms with E-state index in [0.29, 0.717) is 19.8 Å². The van der Waals surface area contributed by atoms with Crippen LogP contribution in [-0.4, -0.2) is 53.1 Å². The standard InChI is InChI=1S/C17H28N2O4/c1-4-22-7-5-6-19-12-17(21)16(20)8-15(19)11-18-9-13(2)23-14(3)10-18/h8,12-14,21H,4-7,9-11H2,1-3H3. The number of morpholine rings is 1. The van der Waals surface area contributed by atoms with Crippen LogP contribution in [0.1, 0.15) is 32.9 Å². The van der Waals surface area contributed by atoms with Crippen molar-refractivity contribution in [2.75, 3.05) is 26.3 Å². The van der Waals surface area contributed by atoms with Crippen molar-refractivity contribution >= 4 is 0 Å². The highest BCUT2D eigenvalue weighted by atomic mass is 16.5. The van der Waals surface area contributed by atoms with Crippen LogP contribution in [-0.2, 0) is 22.6 Å². The summed E-state index contributed by atoms with van der Waals surface area (Å²) in [5.41, 5.74) is 0.598. The molecular weight excluding hydrogens is 296 g/mol. The molecule has 2 rings (SSSR count). The second kappa shape index (κ2) is 8.47. The zero-order chi connectivity index (χ0) is 16.8. The maximum absolute atomic E-state index is 11.8. The molecule has 2 heterocycles. The van der Waals surface area contributed by atoms with Gasteiger partial charge in [-0.05, 0) is 27.2 Å². The molecule has 23 heavy (non-hydrogen) atoms. The quantitative estimate of drug-likeness (QED) is 0.772. The van der Waals surface area contributed by atoms with Crippen LogP contribution in [0.25, 0.3) is 0 Å². The smallest absolute Gasteiger partial charge is 0.223 e. The van der Waals surface area contributed by atoms with Gasteiger partial charge in [-0.3, -0.25) is 9.69 Å². The fourth-order valence-corrected chi connectivity index (χ4v) is 3.07. The van der Waals surface area contributed by atoms with Gasteiger partial charge in [0.05, 0.1) is 18.4 Å². The molecule has 1 aromatic heterocycles. The number of pyridine rings is 1. The molecule has 6 heteroatoms. The Morgan fingerprint density at radius 1 is 1.35 bits per heavy atom. The van der Waals surface area contributed by atoms with E-state index in [0.717, 1.165) is 31.7 Å². The van der Waals surface area contributed by atoms with E-state index >= 15 is 0 Å². The van der Waals surface area contributed by atoms with Gasteiger partial charge in [-0.25, -0.2) is 0 Å². The first-order valence-electron chi connectivity index (χ1n) is 8.37. The molecule has 0 radical (unpaired) electrons. The van der Waals surface area contributed by atoms with Gasteiger partial charge in [-0.1, -0.05) is 0 Å². The molecule has 2 atom stereocenters. The topological polar surface area (TPSA) is 63.9 Å². The van der Waals surface area contributed by atoms with Crippen molar-refractivity contribution in [3.63, 3.8) is 0 Å². The van der Waals surface area contributed by atoms with E-state index in [-0.39, 0.29) is 23.4 Å². The molecule has 6 nitrogen and oxygen atoms in total. The number of aromatic nitrogens is 1. The van der Waals surface area contributed by atoms with Gasteiger partial charge in [-0.2, -0.15) is 0 Å². The summed E-state index contributed by atoms with van der Waals surface area (Å²) >= 11 is 0. The minimum Gasteiger partial charge on any atom is -0.503 e. The van der Waals surface area contributed by atoms with E-state index in [4.69, 9.17) is 9.47 Å². The lowest BCUT2D eigenvalue weighted by Crippen LogP contribution is -2.45. The van der Waals surface area contributed by atoms with E-state index in [1.165, 1.54) is 6.20 Å². The number of hydrogen-bond donors (Lipinski definition) is 1. The largest absolute Gasteiger partial charge is 0.503 e. The Kier molecular flexibility index (Phi) is 6.62. The fourth-order valence-electron chi connectivity index (χ4n) is 3.07. The van der Waals surface area contributed by atoms with Crippen molar-refractivity contribution in [1.82, 2.24) is 9.47 Å². The van der Waals surface area contributed by atoms with Gasteiger partial charge in [0.1, 0.15) is 0 Å². The Labute approximate surface area is 137 Å². The predicted molar refractivity (Wildman–Crippen MR) is 88.8 cm³/mol. The third-order valence-corrected chi connectivity index (χ3v) is 3.97. The lowest BCUT2D eigenvalue weighted by Gasteiger charge is -2.35. The van der Waals surface area contributed by atoms with E-state index in [2.05, 4.69) is 18.7 Å². The Morgan fingerprint density at radius 3 is 2.70 bits per heavy atom. The number of ether oxygens (including phenoxy) is 2. The van der Waals surface area contributed by atoms with Gasteiger partial charge < -0.3 is 19.1 Å². The van der Waals surface area contributed by atoms with E-state index in [1.807, 2.05) is 11.5 Å². The molecule has 1 fully saturated rings. The summed E-state index contributed by atoms with van der Waals surface area (Å²) in [5, 5.41) is 9.72. The van der Waals surface area contributed by atoms with E-state index in [1.54, 1.807) is 6.07 Å². The molecule has 2 unspecified atom stereocenters. The van der Waals surface area contributed by atoms with Gasteiger partial charge in [0.2, 0.25) is 5.43 Å². The van der Waals surface area contributed by atoms with Crippen LogP contribution in [0.15, 0.2) is 17.1 Å². The SMILES string of the molecule is CCOCCCn1cc(O)c(=O)cc1CN1CC(C)OC(C)C1. The van der Waals surface area contributed by atoms with Crippen LogP contribution in [0, 0.1) is 0 Å². The van der Waals surface area contributed by atoms with Crippen LogP contribution < -0.4 is 5.43 Å². The van der Waals surface area contributed by atoms with Crippen molar-refractivity contribution in [3.8, 4) is 5.75 Å². The minimum absolute atomic E-state index is 0.189. The molecule has 1 N–H and O–H groups in total. The van der Waals surface area contributed by atoms with E-state index in [9.17, 15) is 9.90 Å². The summed E-state index contributed by atoms with van der Waals surface area (Å²) in [5.74, 6) is -0.200. The average molecular weight is 324 g/mol. The summed E-state index contributed by atoms with van der Waals surface area (Å²) in [4.78, 5) is 14.1. The number of aromatic hydroxyl groups is 1. The first kappa shape index (κ1) is 18.0. The highest BCUT2D eigenvalue weighted by Crippen LogP contribution is 2.15. The Balaban J connectivity index is 2.09. The van der Waals surface area contributed by atoms with Gasteiger partial charge in [0, 0.05) is 51.2 Å². The summed E-state index contributed by atoms with van der Waals surface area (Å²) in [6.45, 7) is 10.6. The molecule has 0 aliphatic carbocycles. The van der Waals surface area contributed by atoms with Gasteiger partial charge in [-0.15, -0.1) is 0 Å². The average Bonchev–Trinajstić information content (AvgIpc) is 2.47. The van der Waals surface area contributed by atoms with Crippen molar-refractivity contribution < 1.29 is 14.6 Å². The van der Waals surface area contributed by atoms with E-state index < -0.39 is 0 Å². The normalized spacial score (nSPS) is 22.4. The third-order valence-electron chi connectivity index (χ3n) is 3.97. The molecule has 130 valence electrons. The zero-order valence-corrected chi connectivity index (χ0v) is 14.3. The molecule has 0 amide bonds. The number of hydrogen-bond acceptors (Lipinski definition) is 5. The zero-order valence-electron chi connectivity index (χ0n) is 14.3. The molecule has 0 bridgehead atoms. The molecule has 0 aromatic carbocycles. The monoisotopic (exact) mass is 324 g/mol. The molecule has 1 aliphatic rings. The summed E-state index contributed by atoms with van der Waals surface area (Å²) in [6, 6.07) is 1.54. The summed E-state index contributed by atoms with van der Waals surface area (Å²) < 4.78 is 13.1. The third kappa shape index (κ3) is 5.34. The lowest BCUT2D eigenvalue weighted by molar-refractivity contribution is -0.0710. The van der Waals surface area contributed by atoms with Crippen molar-refractivity contribution in [3.05, 3.63) is 28.2 Å². The molecule has 0 saturated carbocycles. The molecule has 1 saturated heterocycles. The van der Waals surface area contributed by atoms with Crippen molar-refractivity contribution in [1.29, 1.82) is 0 Å². The van der Waals surface area contributed by atoms with Crippen molar-refractivity contribution in [2.24, 2.45) is 0 Å². The fraction of sp³-hybridized carbons (Fsp3) is 0.706. The summed E-state index contributed by atoms with van der Waals surface area (Å²) in [6.07, 6.45) is 2.76. The first-order valence-corrected chi connectivity index (χ1v) is 8.37. The maximum atomic E-state index is 11.8. The number of rotatable bonds is 7. The van der Waals surface area contributed by atoms with Crippen LogP contribution in [0.3, 0.4) is 0 Å². The highest BCUT2D eigenvalue weighted by Gasteiger charge is 2.23. The van der Waals surface area contributed by atoms with Crippen molar-refractivity contribution in [2.45, 2.75) is 52.5 Å². The number of aryl methyl sites for hydroxylation is 1. The lowest BCUT2D eigenvalue weighted by atomic mass is 10.2. The van der Waals surface area contributed by atoms with Gasteiger partial charge >= 0.3 is 0 Å². The molecule has 1 aromatic rings. The van der Waals surface area contributed by atoms with Crippen LogP contribution >= 0.6 is 0 Å². The first-order chi connectivity index (χ1) is 11.0. The molecular formula is C17H28N2O4. The highest BCUT2D eigenvalue weighted by molar-refractivity contribution is 5.20. The Morgan fingerprint density at radius 2 is 2.04 bits per heavy atom. The van der Waals surface area contributed by atoms with Crippen LogP contribution in [0.4, 0.5) is 0 Å². The molecule has 1 aliphatic heterocycles. The minimum atomic E-state index is -0.324. The number of nitrogens with zero attached hydrogens (tertiary/aromatic N) is 2. The second-order valence-electron chi connectivity index (χ2n) is 6.21. The van der Waals surface area contributed by atoms with Crippen LogP contribution in [0.2, 0.25) is 0 Å². The van der Waals surface area contributed by atoms with Crippen LogP contribution in [0.5, 0.6) is 5.75 Å². The maximum Gasteiger partial charge on any atom is 0.223 e. The summed E-state index contributed by atoms with van der Waals surface area (Å²) in [7, 11) is 0. The van der Waals surface area contributed by atoms with Gasteiger partial charge in [0.15, 0.2) is 5.75 Å². The van der Waals surface area contributed by atoms with Gasteiger partial charge in [0.25, 0.3) is 0 Å². The second-order valence-corrected chi connectivity index (χ2v) is 6.21. The Hall–Kier alpha value is -1.37. The molecule has 0 spiro atoms. The predicted octanol–water partition coefficient (Wildman–Crippen LogP) is 1.59. The Bertz CT molecular complexity index is 548.